The van der Waals surface area contributed by atoms with Crippen LogP contribution in [0.2, 0.25) is 0 Å². The van der Waals surface area contributed by atoms with Crippen LogP contribution in [0, 0.1) is 0 Å². The highest BCUT2D eigenvalue weighted by molar-refractivity contribution is 5.71. The van der Waals surface area contributed by atoms with Gasteiger partial charge in [0, 0.05) is 19.3 Å². The summed E-state index contributed by atoms with van der Waals surface area (Å²) < 4.78 is 17.0. The third-order valence-electron chi connectivity index (χ3n) is 15.4. The van der Waals surface area contributed by atoms with E-state index < -0.39 is 6.10 Å². The fraction of sp³-hybridized carbons (Fsp3) is 0.773. The average Bonchev–Trinajstić information content (AvgIpc) is 3.47. The molecule has 0 amide bonds. The Bertz CT molecular complexity index is 1530. The predicted octanol–water partition coefficient (Wildman–Crippen LogP) is 24.2. The van der Waals surface area contributed by atoms with Gasteiger partial charge in [-0.05, 0) is 116 Å². The van der Waals surface area contributed by atoms with Crippen LogP contribution in [0.5, 0.6) is 0 Å². The van der Waals surface area contributed by atoms with E-state index in [-0.39, 0.29) is 31.1 Å². The molecule has 0 aliphatic carbocycles. The van der Waals surface area contributed by atoms with Crippen LogP contribution in [-0.2, 0) is 28.6 Å². The van der Waals surface area contributed by atoms with Gasteiger partial charge in [0.25, 0.3) is 0 Å². The van der Waals surface area contributed by atoms with E-state index in [2.05, 4.69) is 106 Å². The molecule has 0 saturated carbocycles. The standard InChI is InChI=1S/C75H132O6/c1-4-7-10-13-16-19-22-25-28-31-33-35-37-39-41-44-47-50-53-56-59-62-65-68-74(77)80-71-72(70-79-73(76)67-64-61-58-55-52-49-46-43-30-27-24-21-18-15-12-9-6-3)81-75(78)69-66-63-60-57-54-51-48-45-42-40-38-36-34-32-29-26-23-20-17-14-11-8-5-2/h9,12,18,21-23,25-27,30-34,72H,4-8,10-11,13-17,19-20,24,28-29,35-71H2,1-3H3/b12-9-,21-18-,25-22-,26-23-,30-27-,33-31-,34-32-. The number of allylic oxidation sites excluding steroid dienone is 14. The van der Waals surface area contributed by atoms with Gasteiger partial charge in [-0.3, -0.25) is 14.4 Å². The van der Waals surface area contributed by atoms with Gasteiger partial charge in [-0.2, -0.15) is 0 Å². The first-order chi connectivity index (χ1) is 40.0. The smallest absolute Gasteiger partial charge is 0.306 e. The predicted molar refractivity (Wildman–Crippen MR) is 353 cm³/mol. The van der Waals surface area contributed by atoms with Crippen molar-refractivity contribution in [1.82, 2.24) is 0 Å². The lowest BCUT2D eigenvalue weighted by Gasteiger charge is -2.18. The Hall–Kier alpha value is -3.41. The number of esters is 3. The molecule has 0 spiro atoms. The highest BCUT2D eigenvalue weighted by atomic mass is 16.6. The molecule has 0 N–H and O–H groups in total. The van der Waals surface area contributed by atoms with Crippen LogP contribution >= 0.6 is 0 Å². The molecule has 0 aliphatic heterocycles. The summed E-state index contributed by atoms with van der Waals surface area (Å²) in [6.07, 6.45) is 91.7. The van der Waals surface area contributed by atoms with Gasteiger partial charge in [0.05, 0.1) is 0 Å². The van der Waals surface area contributed by atoms with Crippen LogP contribution in [0.1, 0.15) is 355 Å². The normalized spacial score (nSPS) is 12.6. The quantitative estimate of drug-likeness (QED) is 0.0261. The number of hydrogen-bond acceptors (Lipinski definition) is 6. The molecule has 0 aromatic rings. The van der Waals surface area contributed by atoms with Gasteiger partial charge in [0.15, 0.2) is 6.10 Å². The molecule has 0 bridgehead atoms. The first-order valence-corrected chi connectivity index (χ1v) is 35.1. The van der Waals surface area contributed by atoms with Gasteiger partial charge in [-0.1, -0.05) is 305 Å². The summed E-state index contributed by atoms with van der Waals surface area (Å²) in [7, 11) is 0. The van der Waals surface area contributed by atoms with E-state index in [0.717, 1.165) is 96.3 Å². The second kappa shape index (κ2) is 69.1. The second-order valence-electron chi connectivity index (χ2n) is 23.4. The minimum atomic E-state index is -0.785. The molecule has 1 unspecified atom stereocenters. The molecule has 1 atom stereocenters. The number of unbranched alkanes of at least 4 members (excludes halogenated alkanes) is 39. The lowest BCUT2D eigenvalue weighted by Crippen LogP contribution is -2.30. The lowest BCUT2D eigenvalue weighted by molar-refractivity contribution is -0.167. The monoisotopic (exact) mass is 1130 g/mol. The molecule has 0 heterocycles. The molecule has 0 aromatic carbocycles. The van der Waals surface area contributed by atoms with Crippen molar-refractivity contribution in [3.05, 3.63) is 85.1 Å². The van der Waals surface area contributed by atoms with Gasteiger partial charge in [-0.25, -0.2) is 0 Å². The van der Waals surface area contributed by atoms with Gasteiger partial charge in [-0.15, -0.1) is 0 Å². The third-order valence-corrected chi connectivity index (χ3v) is 15.4. The summed E-state index contributed by atoms with van der Waals surface area (Å²) in [6, 6.07) is 0. The Morgan fingerprint density at radius 1 is 0.259 bits per heavy atom. The van der Waals surface area contributed by atoms with Crippen molar-refractivity contribution >= 4 is 17.9 Å². The molecule has 0 radical (unpaired) electrons. The fourth-order valence-electron chi connectivity index (χ4n) is 10.1. The summed E-state index contributed by atoms with van der Waals surface area (Å²) >= 11 is 0. The summed E-state index contributed by atoms with van der Waals surface area (Å²) in [5, 5.41) is 0. The van der Waals surface area contributed by atoms with Gasteiger partial charge < -0.3 is 14.2 Å². The van der Waals surface area contributed by atoms with E-state index in [1.165, 1.54) is 218 Å². The van der Waals surface area contributed by atoms with Crippen LogP contribution < -0.4 is 0 Å². The molecule has 0 fully saturated rings. The highest BCUT2D eigenvalue weighted by Gasteiger charge is 2.19. The Labute approximate surface area is 503 Å². The number of rotatable bonds is 64. The molecule has 81 heavy (non-hydrogen) atoms. The van der Waals surface area contributed by atoms with Crippen molar-refractivity contribution in [1.29, 1.82) is 0 Å². The van der Waals surface area contributed by atoms with Crippen LogP contribution in [0.15, 0.2) is 85.1 Å². The van der Waals surface area contributed by atoms with Crippen molar-refractivity contribution in [2.24, 2.45) is 0 Å². The van der Waals surface area contributed by atoms with Crippen LogP contribution in [-0.4, -0.2) is 37.2 Å². The Balaban J connectivity index is 4.36. The molecule has 0 rings (SSSR count). The van der Waals surface area contributed by atoms with Gasteiger partial charge >= 0.3 is 17.9 Å². The van der Waals surface area contributed by atoms with Crippen molar-refractivity contribution in [2.45, 2.75) is 361 Å². The summed E-state index contributed by atoms with van der Waals surface area (Å²) in [5.74, 6) is -0.876. The molecular weight excluding hydrogens is 997 g/mol. The summed E-state index contributed by atoms with van der Waals surface area (Å²) in [4.78, 5) is 38.5. The number of hydrogen-bond donors (Lipinski definition) is 0. The molecule has 6 heteroatoms. The Morgan fingerprint density at radius 3 is 0.753 bits per heavy atom. The zero-order valence-electron chi connectivity index (χ0n) is 53.8. The molecule has 6 nitrogen and oxygen atoms in total. The maximum absolute atomic E-state index is 13.0. The van der Waals surface area contributed by atoms with E-state index in [9.17, 15) is 14.4 Å². The molecule has 0 saturated heterocycles. The zero-order chi connectivity index (χ0) is 58.5. The van der Waals surface area contributed by atoms with E-state index in [4.69, 9.17) is 14.2 Å². The molecular formula is C75H132O6. The fourth-order valence-corrected chi connectivity index (χ4v) is 10.1. The number of carbonyl (C=O) groups excluding carboxylic acids is 3. The third kappa shape index (κ3) is 67.3. The number of carbonyl (C=O) groups is 3. The van der Waals surface area contributed by atoms with Crippen molar-refractivity contribution in [3.8, 4) is 0 Å². The maximum Gasteiger partial charge on any atom is 0.306 e. The topological polar surface area (TPSA) is 78.9 Å². The van der Waals surface area contributed by atoms with Crippen molar-refractivity contribution in [3.63, 3.8) is 0 Å². The lowest BCUT2D eigenvalue weighted by atomic mass is 10.0. The van der Waals surface area contributed by atoms with Crippen LogP contribution in [0.4, 0.5) is 0 Å². The minimum Gasteiger partial charge on any atom is -0.462 e. The highest BCUT2D eigenvalue weighted by Crippen LogP contribution is 2.17. The van der Waals surface area contributed by atoms with E-state index >= 15 is 0 Å². The molecule has 0 aromatic heterocycles. The molecule has 0 aliphatic rings. The van der Waals surface area contributed by atoms with Crippen molar-refractivity contribution in [2.75, 3.05) is 13.2 Å². The van der Waals surface area contributed by atoms with Gasteiger partial charge in [0.2, 0.25) is 0 Å². The summed E-state index contributed by atoms with van der Waals surface area (Å²) in [6.45, 7) is 6.55. The maximum atomic E-state index is 13.0. The first-order valence-electron chi connectivity index (χ1n) is 35.1. The van der Waals surface area contributed by atoms with Crippen LogP contribution in [0.3, 0.4) is 0 Å². The Kier molecular flexibility index (Phi) is 66.2. The first kappa shape index (κ1) is 77.6. The van der Waals surface area contributed by atoms with Crippen molar-refractivity contribution < 1.29 is 28.6 Å². The average molecular weight is 1130 g/mol. The zero-order valence-corrected chi connectivity index (χ0v) is 53.8. The molecule has 468 valence electrons. The van der Waals surface area contributed by atoms with E-state index in [1.807, 2.05) is 0 Å². The van der Waals surface area contributed by atoms with Gasteiger partial charge in [0.1, 0.15) is 13.2 Å². The van der Waals surface area contributed by atoms with Crippen LogP contribution in [0.25, 0.3) is 0 Å². The van der Waals surface area contributed by atoms with E-state index in [0.29, 0.717) is 19.3 Å². The largest absolute Gasteiger partial charge is 0.462 e. The number of ether oxygens (including phenoxy) is 3. The second-order valence-corrected chi connectivity index (χ2v) is 23.4. The Morgan fingerprint density at radius 2 is 0.481 bits per heavy atom. The summed E-state index contributed by atoms with van der Waals surface area (Å²) in [5.41, 5.74) is 0. The van der Waals surface area contributed by atoms with E-state index in [1.54, 1.807) is 0 Å². The minimum absolute atomic E-state index is 0.0798. The SMILES string of the molecule is CC/C=C\C/C=C\C/C=C\CCCCCCCCCC(=O)OCC(COC(=O)CCCCCCCCCCCCC/C=C\C/C=C\CCCCCCC)OC(=O)CCCCCCCCCCCCC/C=C\C/C=C\CCCCCCC.